The van der Waals surface area contributed by atoms with E-state index in [4.69, 9.17) is 14.2 Å². The molecule has 328 valence electrons. The number of nitrogens with zero attached hydrogens (tertiary/aromatic N) is 2. The zero-order chi connectivity index (χ0) is 45.1. The number of aromatic hydroxyl groups is 2. The SMILES string of the molecule is COc1cccc2c1C(=O)c1c(O)c3c(c(O)c1C2=O)C[C@@](O)(C(C)=O)C[C@@H]3OC1CC(NCc2ccc(CC(=O)c3cc(CC(=O)c4cccn4C)cn3C)cc2)C(O)C(C)O1. The highest BCUT2D eigenvalue weighted by Crippen LogP contribution is 2.52. The molecule has 8 rings (SSSR count). The molecule has 0 amide bonds. The van der Waals surface area contributed by atoms with E-state index < -0.39 is 82.6 Å². The molecule has 15 heteroatoms. The Hall–Kier alpha value is -6.23. The maximum absolute atomic E-state index is 14.0. The number of methoxy groups -OCH3 is 1. The number of hydrogen-bond acceptors (Lipinski definition) is 13. The molecule has 3 aliphatic rings. The van der Waals surface area contributed by atoms with Crippen molar-refractivity contribution in [3.05, 3.63) is 135 Å². The van der Waals surface area contributed by atoms with Gasteiger partial charge < -0.3 is 49.1 Å². The Labute approximate surface area is 362 Å². The molecule has 0 saturated carbocycles. The minimum absolute atomic E-state index is 0.0352. The van der Waals surface area contributed by atoms with Crippen LogP contribution in [-0.4, -0.2) is 95.7 Å². The van der Waals surface area contributed by atoms with Crippen molar-refractivity contribution >= 4 is 28.9 Å². The molecule has 5 N–H and O–H groups in total. The number of phenols is 2. The maximum atomic E-state index is 14.0. The number of nitrogens with one attached hydrogen (secondary N) is 1. The molecular formula is C48H49N3O12. The first-order valence-corrected chi connectivity index (χ1v) is 20.7. The molecule has 1 fully saturated rings. The Bertz CT molecular complexity index is 2680. The lowest BCUT2D eigenvalue weighted by Gasteiger charge is -2.43. The number of carbonyl (C=O) groups is 5. The molecule has 3 aromatic carbocycles. The normalized spacial score (nSPS) is 22.9. The van der Waals surface area contributed by atoms with Crippen LogP contribution in [-0.2, 0) is 54.2 Å². The molecule has 0 bridgehead atoms. The van der Waals surface area contributed by atoms with Gasteiger partial charge in [0.2, 0.25) is 5.78 Å². The molecule has 5 aromatic rings. The van der Waals surface area contributed by atoms with E-state index >= 15 is 0 Å². The van der Waals surface area contributed by atoms with Gasteiger partial charge >= 0.3 is 0 Å². The average Bonchev–Trinajstić information content (AvgIpc) is 3.86. The van der Waals surface area contributed by atoms with Crippen molar-refractivity contribution in [1.29, 1.82) is 0 Å². The summed E-state index contributed by atoms with van der Waals surface area (Å²) in [5.74, 6) is -3.44. The highest BCUT2D eigenvalue weighted by molar-refractivity contribution is 6.31. The van der Waals surface area contributed by atoms with Crippen LogP contribution in [0.4, 0.5) is 0 Å². The molecule has 2 aliphatic carbocycles. The van der Waals surface area contributed by atoms with E-state index in [1.54, 1.807) is 41.4 Å². The predicted molar refractivity (Wildman–Crippen MR) is 226 cm³/mol. The maximum Gasteiger partial charge on any atom is 0.202 e. The van der Waals surface area contributed by atoms with Crippen molar-refractivity contribution in [3.63, 3.8) is 0 Å². The van der Waals surface area contributed by atoms with Gasteiger partial charge in [-0.3, -0.25) is 24.0 Å². The van der Waals surface area contributed by atoms with E-state index in [0.717, 1.165) is 16.7 Å². The highest BCUT2D eigenvalue weighted by Gasteiger charge is 2.49. The van der Waals surface area contributed by atoms with E-state index in [1.165, 1.54) is 32.2 Å². The second-order valence-electron chi connectivity index (χ2n) is 16.8. The number of aliphatic hydroxyl groups is 2. The molecule has 15 nitrogen and oxygen atoms in total. The van der Waals surface area contributed by atoms with Gasteiger partial charge in [0.15, 0.2) is 29.4 Å². The molecule has 0 spiro atoms. The van der Waals surface area contributed by atoms with Gasteiger partial charge in [-0.1, -0.05) is 36.4 Å². The molecule has 6 atom stereocenters. The number of ketones is 5. The van der Waals surface area contributed by atoms with Crippen molar-refractivity contribution < 1.29 is 58.6 Å². The summed E-state index contributed by atoms with van der Waals surface area (Å²) in [6, 6.07) is 16.7. The van der Waals surface area contributed by atoms with Crippen LogP contribution in [0, 0.1) is 0 Å². The molecule has 63 heavy (non-hydrogen) atoms. The fourth-order valence-corrected chi connectivity index (χ4v) is 9.16. The fourth-order valence-electron chi connectivity index (χ4n) is 9.16. The smallest absolute Gasteiger partial charge is 0.202 e. The lowest BCUT2D eigenvalue weighted by atomic mass is 9.72. The minimum Gasteiger partial charge on any atom is -0.507 e. The van der Waals surface area contributed by atoms with Crippen LogP contribution >= 0.6 is 0 Å². The third-order valence-corrected chi connectivity index (χ3v) is 12.7. The summed E-state index contributed by atoms with van der Waals surface area (Å²) in [5, 5.41) is 49.7. The summed E-state index contributed by atoms with van der Waals surface area (Å²) in [4.78, 5) is 66.9. The molecule has 0 radical (unpaired) electrons. The standard InChI is InChI=1S/C48H49N3O12/c1-24-43(55)31(49-22-27-13-11-26(12-14-27)17-35(54)33-16-28(23-51(33)4)18-34(53)32-9-7-15-50(32)3)19-38(62-24)63-37-21-48(60,25(2)52)20-30-40(37)47(59)42-41(45(30)57)44(56)29-8-6-10-36(61-5)39(29)46(42)58/h6-16,23-24,31,37-38,43,49,55,57,59-60H,17-22H2,1-5H3/t24?,31?,37-,38?,43?,48-/m0/s1. The van der Waals surface area contributed by atoms with Crippen molar-refractivity contribution in [2.24, 2.45) is 14.1 Å². The summed E-state index contributed by atoms with van der Waals surface area (Å²) in [6.07, 6.45) is -0.904. The van der Waals surface area contributed by atoms with E-state index in [-0.39, 0.29) is 65.3 Å². The number of hydrogen-bond donors (Lipinski definition) is 5. The summed E-state index contributed by atoms with van der Waals surface area (Å²) >= 11 is 0. The van der Waals surface area contributed by atoms with Gasteiger partial charge in [0.05, 0.1) is 53.5 Å². The quantitative estimate of drug-likeness (QED) is 0.0806. The van der Waals surface area contributed by atoms with E-state index in [0.29, 0.717) is 17.9 Å². The van der Waals surface area contributed by atoms with Crippen LogP contribution in [0.5, 0.6) is 17.2 Å². The first-order chi connectivity index (χ1) is 30.0. The van der Waals surface area contributed by atoms with Gasteiger partial charge in [-0.05, 0) is 54.8 Å². The second-order valence-corrected chi connectivity index (χ2v) is 16.8. The zero-order valence-electron chi connectivity index (χ0n) is 35.5. The van der Waals surface area contributed by atoms with Gasteiger partial charge in [-0.2, -0.15) is 0 Å². The second kappa shape index (κ2) is 16.8. The van der Waals surface area contributed by atoms with Crippen LogP contribution < -0.4 is 10.1 Å². The number of phenolic OH excluding ortho intramolecular Hbond substituents is 2. The van der Waals surface area contributed by atoms with Crippen LogP contribution in [0.2, 0.25) is 0 Å². The number of aromatic nitrogens is 2. The van der Waals surface area contributed by atoms with Gasteiger partial charge in [-0.15, -0.1) is 0 Å². The van der Waals surface area contributed by atoms with Crippen LogP contribution in [0.1, 0.15) is 113 Å². The summed E-state index contributed by atoms with van der Waals surface area (Å²) in [5.41, 5.74) is 0.264. The molecule has 3 heterocycles. The molecule has 1 aliphatic heterocycles. The van der Waals surface area contributed by atoms with E-state index in [9.17, 15) is 44.4 Å². The average molecular weight is 860 g/mol. The van der Waals surface area contributed by atoms with Crippen molar-refractivity contribution in [2.45, 2.75) is 88.7 Å². The molecule has 4 unspecified atom stereocenters. The lowest BCUT2D eigenvalue weighted by Crippen LogP contribution is -2.54. The largest absolute Gasteiger partial charge is 0.507 e. The summed E-state index contributed by atoms with van der Waals surface area (Å²) in [7, 11) is 4.93. The summed E-state index contributed by atoms with van der Waals surface area (Å²) < 4.78 is 21.3. The van der Waals surface area contributed by atoms with E-state index in [1.807, 2.05) is 43.6 Å². The van der Waals surface area contributed by atoms with Crippen molar-refractivity contribution in [1.82, 2.24) is 14.5 Å². The molecule has 2 aromatic heterocycles. The van der Waals surface area contributed by atoms with Crippen LogP contribution in [0.15, 0.2) is 73.1 Å². The summed E-state index contributed by atoms with van der Waals surface area (Å²) in [6.45, 7) is 3.17. The van der Waals surface area contributed by atoms with Gasteiger partial charge in [-0.25, -0.2) is 0 Å². The first kappa shape index (κ1) is 43.4. The van der Waals surface area contributed by atoms with Crippen LogP contribution in [0.3, 0.4) is 0 Å². The number of rotatable bonds is 13. The van der Waals surface area contributed by atoms with Crippen molar-refractivity contribution in [2.75, 3.05) is 7.11 Å². The van der Waals surface area contributed by atoms with Gasteiger partial charge in [0, 0.05) is 87.9 Å². The Balaban J connectivity index is 0.964. The zero-order valence-corrected chi connectivity index (χ0v) is 35.5. The number of aliphatic hydroxyl groups excluding tert-OH is 1. The molecular weight excluding hydrogens is 811 g/mol. The monoisotopic (exact) mass is 859 g/mol. The third kappa shape index (κ3) is 7.91. The molecule has 1 saturated heterocycles. The Morgan fingerprint density at radius 3 is 2.24 bits per heavy atom. The fraction of sp³-hybridized carbons (Fsp3) is 0.354. The number of aryl methyl sites for hydroxylation is 2. The number of carbonyl (C=O) groups excluding carboxylic acids is 5. The lowest BCUT2D eigenvalue weighted by molar-refractivity contribution is -0.249. The number of Topliss-reactive ketones (excluding diaryl/α,β-unsaturated/α-hetero) is 3. The predicted octanol–water partition coefficient (Wildman–Crippen LogP) is 4.39. The van der Waals surface area contributed by atoms with Crippen molar-refractivity contribution in [3.8, 4) is 17.2 Å². The Morgan fingerprint density at radius 2 is 1.56 bits per heavy atom. The van der Waals surface area contributed by atoms with Crippen LogP contribution in [0.25, 0.3) is 0 Å². The van der Waals surface area contributed by atoms with Gasteiger partial charge in [0.25, 0.3) is 0 Å². The number of fused-ring (bicyclic) bond motifs is 3. The first-order valence-electron chi connectivity index (χ1n) is 20.7. The Kier molecular flexibility index (Phi) is 11.6. The number of benzene rings is 3. The van der Waals surface area contributed by atoms with Gasteiger partial charge in [0.1, 0.15) is 22.8 Å². The van der Waals surface area contributed by atoms with E-state index in [2.05, 4.69) is 5.32 Å². The minimum atomic E-state index is -2.07. The Morgan fingerprint density at radius 1 is 0.873 bits per heavy atom. The topological polar surface area (TPSA) is 216 Å². The number of ether oxygens (including phenoxy) is 3. The third-order valence-electron chi connectivity index (χ3n) is 12.7. The highest BCUT2D eigenvalue weighted by atomic mass is 16.7.